The van der Waals surface area contributed by atoms with Crippen LogP contribution in [-0.2, 0) is 0 Å². The molecule has 2 heterocycles. The summed E-state index contributed by atoms with van der Waals surface area (Å²) in [6.07, 6.45) is 0. The zero-order valence-electron chi connectivity index (χ0n) is 28.7. The van der Waals surface area contributed by atoms with E-state index < -0.39 is 0 Å². The third-order valence-electron chi connectivity index (χ3n) is 10.6. The number of thiophene rings is 1. The summed E-state index contributed by atoms with van der Waals surface area (Å²) >= 11 is 1.89. The first-order valence-corrected chi connectivity index (χ1v) is 18.8. The van der Waals surface area contributed by atoms with E-state index in [1.165, 1.54) is 64.0 Å². The Labute approximate surface area is 310 Å². The molecular weight excluding hydrogens is 663 g/mol. The Morgan fingerprint density at radius 2 is 0.981 bits per heavy atom. The molecule has 0 N–H and O–H groups in total. The summed E-state index contributed by atoms with van der Waals surface area (Å²) < 4.78 is 8.88. The van der Waals surface area contributed by atoms with Gasteiger partial charge >= 0.3 is 0 Å². The topological polar surface area (TPSA) is 16.4 Å². The maximum atomic E-state index is 6.24. The van der Waals surface area contributed by atoms with Crippen LogP contribution in [0.2, 0.25) is 0 Å². The van der Waals surface area contributed by atoms with Crippen molar-refractivity contribution in [3.8, 4) is 22.3 Å². The number of hydrogen-bond acceptors (Lipinski definition) is 3. The van der Waals surface area contributed by atoms with Crippen molar-refractivity contribution >= 4 is 92.1 Å². The van der Waals surface area contributed by atoms with Crippen LogP contribution in [0.4, 0.5) is 17.1 Å². The zero-order chi connectivity index (χ0) is 34.9. The fourth-order valence-electron chi connectivity index (χ4n) is 8.15. The van der Waals surface area contributed by atoms with Gasteiger partial charge in [0.2, 0.25) is 0 Å². The summed E-state index contributed by atoms with van der Waals surface area (Å²) in [6, 6.07) is 68.0. The molecule has 0 amide bonds. The van der Waals surface area contributed by atoms with Gasteiger partial charge in [0.1, 0.15) is 11.2 Å². The van der Waals surface area contributed by atoms with Crippen molar-refractivity contribution in [1.29, 1.82) is 0 Å². The lowest BCUT2D eigenvalue weighted by atomic mass is 9.95. The second kappa shape index (κ2) is 11.9. The second-order valence-electron chi connectivity index (χ2n) is 13.7. The first-order chi connectivity index (χ1) is 26.3. The predicted molar refractivity (Wildman–Crippen MR) is 227 cm³/mol. The molecule has 2 aromatic heterocycles. The van der Waals surface area contributed by atoms with Crippen molar-refractivity contribution in [2.45, 2.75) is 0 Å². The molecule has 0 fully saturated rings. The third-order valence-corrected chi connectivity index (χ3v) is 11.9. The van der Waals surface area contributed by atoms with Crippen molar-refractivity contribution in [3.63, 3.8) is 0 Å². The standard InChI is InChI=1S/C50H31NOS/c1-3-13-39-32(10-1)12-9-17-40(39)33-20-24-36(25-21-33)51(38-28-29-47-44(31-38)42-15-5-7-18-46(42)52-47)37-26-22-34(23-27-37)49-41-14-4-2-11-35(41)30-45-43-16-6-8-19-48(43)53-50(45)49/h1-31H. The highest BCUT2D eigenvalue weighted by molar-refractivity contribution is 7.26. The summed E-state index contributed by atoms with van der Waals surface area (Å²) in [6.45, 7) is 0. The van der Waals surface area contributed by atoms with Crippen molar-refractivity contribution in [3.05, 3.63) is 188 Å². The Morgan fingerprint density at radius 1 is 0.377 bits per heavy atom. The average molecular weight is 694 g/mol. The molecule has 11 rings (SSSR count). The van der Waals surface area contributed by atoms with Gasteiger partial charge in [-0.3, -0.25) is 0 Å². The van der Waals surface area contributed by atoms with E-state index in [0.717, 1.165) is 39.0 Å². The number of fused-ring (bicyclic) bond motifs is 8. The van der Waals surface area contributed by atoms with E-state index in [9.17, 15) is 0 Å². The molecule has 0 aliphatic rings. The van der Waals surface area contributed by atoms with Crippen LogP contribution in [0.25, 0.3) is 85.9 Å². The van der Waals surface area contributed by atoms with Crippen molar-refractivity contribution < 1.29 is 4.42 Å². The van der Waals surface area contributed by atoms with Gasteiger partial charge in [-0.1, -0.05) is 127 Å². The largest absolute Gasteiger partial charge is 0.456 e. The van der Waals surface area contributed by atoms with Gasteiger partial charge in [-0.05, 0) is 98.9 Å². The van der Waals surface area contributed by atoms with Crippen LogP contribution >= 0.6 is 11.3 Å². The number of anilines is 3. The van der Waals surface area contributed by atoms with Gasteiger partial charge in [0.15, 0.2) is 0 Å². The number of hydrogen-bond donors (Lipinski definition) is 0. The lowest BCUT2D eigenvalue weighted by Crippen LogP contribution is -2.09. The normalized spacial score (nSPS) is 11.8. The molecule has 0 atom stereocenters. The minimum Gasteiger partial charge on any atom is -0.456 e. The third kappa shape index (κ3) is 4.86. The average Bonchev–Trinajstić information content (AvgIpc) is 3.78. The highest BCUT2D eigenvalue weighted by atomic mass is 32.1. The van der Waals surface area contributed by atoms with Crippen LogP contribution in [0.15, 0.2) is 192 Å². The molecule has 3 heteroatoms. The number of benzene rings is 9. The van der Waals surface area contributed by atoms with E-state index in [4.69, 9.17) is 4.42 Å². The molecule has 0 spiro atoms. The Bertz CT molecular complexity index is 3160. The van der Waals surface area contributed by atoms with Gasteiger partial charge in [-0.15, -0.1) is 11.3 Å². The lowest BCUT2D eigenvalue weighted by Gasteiger charge is -2.26. The SMILES string of the molecule is c1ccc2c(-c3ccc(N(c4ccc(-c5c6ccccc6cc6c5sc5ccccc56)cc4)c4ccc5oc6ccccc6c5c4)cc3)cccc2c1. The van der Waals surface area contributed by atoms with Crippen LogP contribution in [0.3, 0.4) is 0 Å². The maximum absolute atomic E-state index is 6.24. The van der Waals surface area contributed by atoms with Gasteiger partial charge in [-0.25, -0.2) is 0 Å². The molecule has 0 aliphatic heterocycles. The van der Waals surface area contributed by atoms with E-state index in [-0.39, 0.29) is 0 Å². The van der Waals surface area contributed by atoms with E-state index in [2.05, 4.69) is 181 Å². The summed E-state index contributed by atoms with van der Waals surface area (Å²) in [7, 11) is 0. The Balaban J connectivity index is 1.08. The Morgan fingerprint density at radius 3 is 1.79 bits per heavy atom. The van der Waals surface area contributed by atoms with Gasteiger partial charge in [0.05, 0.1) is 0 Å². The van der Waals surface area contributed by atoms with Gasteiger partial charge < -0.3 is 9.32 Å². The number of nitrogens with zero attached hydrogens (tertiary/aromatic N) is 1. The first kappa shape index (κ1) is 30.0. The zero-order valence-corrected chi connectivity index (χ0v) is 29.5. The first-order valence-electron chi connectivity index (χ1n) is 18.0. The van der Waals surface area contributed by atoms with E-state index in [1.807, 2.05) is 23.5 Å². The summed E-state index contributed by atoms with van der Waals surface area (Å²) in [4.78, 5) is 2.36. The molecule has 0 saturated carbocycles. The monoisotopic (exact) mass is 693 g/mol. The van der Waals surface area contributed by atoms with Crippen molar-refractivity contribution in [1.82, 2.24) is 0 Å². The molecule has 0 unspecified atom stereocenters. The molecule has 53 heavy (non-hydrogen) atoms. The van der Waals surface area contributed by atoms with Crippen LogP contribution in [0.1, 0.15) is 0 Å². The molecule has 9 aromatic carbocycles. The molecule has 248 valence electrons. The second-order valence-corrected chi connectivity index (χ2v) is 14.7. The number of para-hydroxylation sites is 1. The molecule has 11 aromatic rings. The van der Waals surface area contributed by atoms with E-state index in [1.54, 1.807) is 0 Å². The minimum atomic E-state index is 0.889. The Kier molecular flexibility index (Phi) is 6.76. The van der Waals surface area contributed by atoms with Crippen molar-refractivity contribution in [2.24, 2.45) is 0 Å². The smallest absolute Gasteiger partial charge is 0.135 e. The molecular formula is C50H31NOS. The van der Waals surface area contributed by atoms with Gasteiger partial charge in [-0.2, -0.15) is 0 Å². The molecule has 0 bridgehead atoms. The minimum absolute atomic E-state index is 0.889. The fraction of sp³-hybridized carbons (Fsp3) is 0. The molecule has 0 aliphatic carbocycles. The molecule has 2 nitrogen and oxygen atoms in total. The summed E-state index contributed by atoms with van der Waals surface area (Å²) in [5.41, 5.74) is 9.98. The highest BCUT2D eigenvalue weighted by Gasteiger charge is 2.18. The summed E-state index contributed by atoms with van der Waals surface area (Å²) in [5.74, 6) is 0. The van der Waals surface area contributed by atoms with Crippen LogP contribution in [0.5, 0.6) is 0 Å². The number of furan rings is 1. The van der Waals surface area contributed by atoms with Crippen LogP contribution < -0.4 is 4.90 Å². The highest BCUT2D eigenvalue weighted by Crippen LogP contribution is 2.46. The van der Waals surface area contributed by atoms with E-state index >= 15 is 0 Å². The van der Waals surface area contributed by atoms with Crippen molar-refractivity contribution in [2.75, 3.05) is 4.90 Å². The predicted octanol–water partition coefficient (Wildman–Crippen LogP) is 15.1. The quantitative estimate of drug-likeness (QED) is 0.178. The maximum Gasteiger partial charge on any atom is 0.135 e. The van der Waals surface area contributed by atoms with Gasteiger partial charge in [0, 0.05) is 53.6 Å². The van der Waals surface area contributed by atoms with E-state index in [0.29, 0.717) is 0 Å². The molecule has 0 saturated heterocycles. The fourth-order valence-corrected chi connectivity index (χ4v) is 9.42. The number of rotatable bonds is 5. The van der Waals surface area contributed by atoms with Gasteiger partial charge in [0.25, 0.3) is 0 Å². The lowest BCUT2D eigenvalue weighted by molar-refractivity contribution is 0.669. The van der Waals surface area contributed by atoms with Crippen LogP contribution in [0, 0.1) is 0 Å². The Hall–Kier alpha value is -6.68. The van der Waals surface area contributed by atoms with Crippen LogP contribution in [-0.4, -0.2) is 0 Å². The molecule has 0 radical (unpaired) electrons. The summed E-state index contributed by atoms with van der Waals surface area (Å²) in [5, 5.41) is 9.90.